The van der Waals surface area contributed by atoms with Gasteiger partial charge >= 0.3 is 5.97 Å². The summed E-state index contributed by atoms with van der Waals surface area (Å²) in [5, 5.41) is 8.42. The Morgan fingerprint density at radius 3 is 2.62 bits per heavy atom. The van der Waals surface area contributed by atoms with E-state index in [0.29, 0.717) is 5.56 Å². The fourth-order valence-corrected chi connectivity index (χ4v) is 2.69. The average molecular weight is 242 g/mol. The number of sulfone groups is 1. The lowest BCUT2D eigenvalue weighted by atomic mass is 10.2. The molecule has 4 nitrogen and oxygen atoms in total. The molecule has 0 aliphatic carbocycles. The summed E-state index contributed by atoms with van der Waals surface area (Å²) in [4.78, 5) is 10.3. The van der Waals surface area contributed by atoms with Gasteiger partial charge in [0.2, 0.25) is 0 Å². The smallest absolute Gasteiger partial charge is 0.304 e. The number of hydrogen-bond donors (Lipinski definition) is 1. The summed E-state index contributed by atoms with van der Waals surface area (Å²) < 4.78 is 23.1. The van der Waals surface area contributed by atoms with E-state index in [1.165, 1.54) is 0 Å². The fraction of sp³-hybridized carbons (Fsp3) is 0.364. The topological polar surface area (TPSA) is 71.4 Å². The molecule has 0 unspecified atom stereocenters. The van der Waals surface area contributed by atoms with Crippen molar-refractivity contribution >= 4 is 15.8 Å². The maximum Gasteiger partial charge on any atom is 0.304 e. The lowest BCUT2D eigenvalue weighted by Crippen LogP contribution is -2.12. The van der Waals surface area contributed by atoms with Gasteiger partial charge in [0, 0.05) is 0 Å². The number of hydrogen-bond acceptors (Lipinski definition) is 3. The van der Waals surface area contributed by atoms with Crippen molar-refractivity contribution in [2.24, 2.45) is 0 Å². The number of rotatable bonds is 5. The predicted molar refractivity (Wildman–Crippen MR) is 60.9 cm³/mol. The molecule has 0 saturated carbocycles. The van der Waals surface area contributed by atoms with Crippen LogP contribution in [-0.2, 0) is 20.4 Å². The molecule has 0 heterocycles. The predicted octanol–water partition coefficient (Wildman–Crippen LogP) is 1.38. The minimum absolute atomic E-state index is 0.0953. The maximum atomic E-state index is 11.6. The van der Waals surface area contributed by atoms with E-state index in [1.807, 2.05) is 13.0 Å². The molecule has 1 aromatic rings. The molecule has 0 amide bonds. The molecule has 5 heteroatoms. The minimum atomic E-state index is -3.33. The molecule has 0 aliphatic heterocycles. The number of carboxylic acid groups (broad SMARTS) is 1. The first-order chi connectivity index (χ1) is 7.39. The highest BCUT2D eigenvalue weighted by molar-refractivity contribution is 7.90. The van der Waals surface area contributed by atoms with E-state index in [2.05, 4.69) is 0 Å². The Hall–Kier alpha value is -1.36. The van der Waals surface area contributed by atoms with Gasteiger partial charge in [-0.15, -0.1) is 0 Å². The van der Waals surface area contributed by atoms with E-state index in [1.54, 1.807) is 18.2 Å². The highest BCUT2D eigenvalue weighted by atomic mass is 32.2. The first-order valence-corrected chi connectivity index (χ1v) is 6.69. The third-order valence-corrected chi connectivity index (χ3v) is 3.70. The van der Waals surface area contributed by atoms with E-state index in [0.717, 1.165) is 5.56 Å². The van der Waals surface area contributed by atoms with Crippen LogP contribution in [0.25, 0.3) is 0 Å². The van der Waals surface area contributed by atoms with Crippen LogP contribution in [0.15, 0.2) is 24.3 Å². The van der Waals surface area contributed by atoms with Crippen LogP contribution in [-0.4, -0.2) is 25.2 Å². The zero-order chi connectivity index (χ0) is 12.2. The molecule has 0 saturated heterocycles. The van der Waals surface area contributed by atoms with Gasteiger partial charge in [-0.25, -0.2) is 8.42 Å². The van der Waals surface area contributed by atoms with Gasteiger partial charge < -0.3 is 5.11 Å². The summed E-state index contributed by atoms with van der Waals surface area (Å²) in [6.07, 6.45) is -0.339. The Labute approximate surface area is 94.8 Å². The van der Waals surface area contributed by atoms with Gasteiger partial charge in [-0.2, -0.15) is 0 Å². The standard InChI is InChI=1S/C11H14O4S/c1-9-3-2-4-10(7-9)8-16(14,15)6-5-11(12)13/h2-4,7H,5-6,8H2,1H3,(H,12,13). The number of carboxylic acids is 1. The van der Waals surface area contributed by atoms with Crippen molar-refractivity contribution in [3.63, 3.8) is 0 Å². The van der Waals surface area contributed by atoms with E-state index >= 15 is 0 Å². The Balaban J connectivity index is 2.69. The zero-order valence-electron chi connectivity index (χ0n) is 9.01. The second-order valence-corrected chi connectivity index (χ2v) is 5.91. The third-order valence-electron chi connectivity index (χ3n) is 2.10. The molecule has 1 rings (SSSR count). The Morgan fingerprint density at radius 1 is 1.38 bits per heavy atom. The average Bonchev–Trinajstić information content (AvgIpc) is 2.14. The molecule has 0 radical (unpaired) electrons. The molecular weight excluding hydrogens is 228 g/mol. The SMILES string of the molecule is Cc1cccc(CS(=O)(=O)CCC(=O)O)c1. The first-order valence-electron chi connectivity index (χ1n) is 4.87. The van der Waals surface area contributed by atoms with Crippen LogP contribution in [0.1, 0.15) is 17.5 Å². The molecule has 0 bridgehead atoms. The fourth-order valence-electron chi connectivity index (χ4n) is 1.37. The Kier molecular flexibility index (Phi) is 4.06. The summed E-state index contributed by atoms with van der Waals surface area (Å²) >= 11 is 0. The van der Waals surface area contributed by atoms with Crippen molar-refractivity contribution < 1.29 is 18.3 Å². The van der Waals surface area contributed by atoms with E-state index in [-0.39, 0.29) is 17.9 Å². The summed E-state index contributed by atoms with van der Waals surface area (Å²) in [5.74, 6) is -1.49. The van der Waals surface area contributed by atoms with Crippen LogP contribution in [0.4, 0.5) is 0 Å². The molecule has 0 aliphatic rings. The van der Waals surface area contributed by atoms with Crippen LogP contribution in [0.3, 0.4) is 0 Å². The van der Waals surface area contributed by atoms with Gasteiger partial charge in [0.15, 0.2) is 9.84 Å². The van der Waals surface area contributed by atoms with Gasteiger partial charge in [0.25, 0.3) is 0 Å². The van der Waals surface area contributed by atoms with Gasteiger partial charge in [-0.1, -0.05) is 29.8 Å². The van der Waals surface area contributed by atoms with E-state index < -0.39 is 15.8 Å². The van der Waals surface area contributed by atoms with Crippen LogP contribution < -0.4 is 0 Å². The minimum Gasteiger partial charge on any atom is -0.481 e. The Bertz CT molecular complexity index is 477. The monoisotopic (exact) mass is 242 g/mol. The second kappa shape index (κ2) is 5.12. The lowest BCUT2D eigenvalue weighted by molar-refractivity contribution is -0.136. The largest absolute Gasteiger partial charge is 0.481 e. The van der Waals surface area contributed by atoms with Gasteiger partial charge in [0.1, 0.15) is 0 Å². The van der Waals surface area contributed by atoms with Gasteiger partial charge in [0.05, 0.1) is 17.9 Å². The summed E-state index contributed by atoms with van der Waals surface area (Å²) in [5.41, 5.74) is 1.69. The summed E-state index contributed by atoms with van der Waals surface area (Å²) in [6.45, 7) is 1.88. The molecular formula is C11H14O4S. The molecule has 88 valence electrons. The quantitative estimate of drug-likeness (QED) is 0.846. The number of benzene rings is 1. The molecule has 0 aromatic heterocycles. The molecule has 16 heavy (non-hydrogen) atoms. The van der Waals surface area contributed by atoms with Crippen molar-refractivity contribution in [3.05, 3.63) is 35.4 Å². The van der Waals surface area contributed by atoms with Crippen molar-refractivity contribution in [3.8, 4) is 0 Å². The maximum absolute atomic E-state index is 11.6. The molecule has 1 N–H and O–H groups in total. The van der Waals surface area contributed by atoms with Crippen LogP contribution in [0, 0.1) is 6.92 Å². The highest BCUT2D eigenvalue weighted by Gasteiger charge is 2.13. The lowest BCUT2D eigenvalue weighted by Gasteiger charge is -2.03. The van der Waals surface area contributed by atoms with Crippen LogP contribution in [0.5, 0.6) is 0 Å². The molecule has 0 spiro atoms. The van der Waals surface area contributed by atoms with Crippen LogP contribution >= 0.6 is 0 Å². The third kappa shape index (κ3) is 4.44. The second-order valence-electron chi connectivity index (χ2n) is 3.72. The Morgan fingerprint density at radius 2 is 2.06 bits per heavy atom. The van der Waals surface area contributed by atoms with E-state index in [9.17, 15) is 13.2 Å². The first kappa shape index (κ1) is 12.7. The van der Waals surface area contributed by atoms with Crippen molar-refractivity contribution in [2.45, 2.75) is 19.1 Å². The van der Waals surface area contributed by atoms with Gasteiger partial charge in [-0.05, 0) is 12.5 Å². The highest BCUT2D eigenvalue weighted by Crippen LogP contribution is 2.09. The normalized spacial score (nSPS) is 11.3. The van der Waals surface area contributed by atoms with E-state index in [4.69, 9.17) is 5.11 Å². The van der Waals surface area contributed by atoms with Crippen molar-refractivity contribution in [2.75, 3.05) is 5.75 Å². The molecule has 0 atom stereocenters. The molecule has 0 fully saturated rings. The molecule has 1 aromatic carbocycles. The number of aryl methyl sites for hydroxylation is 1. The summed E-state index contributed by atoms with van der Waals surface area (Å²) in [6, 6.07) is 7.19. The summed E-state index contributed by atoms with van der Waals surface area (Å²) in [7, 11) is -3.33. The van der Waals surface area contributed by atoms with Crippen molar-refractivity contribution in [1.82, 2.24) is 0 Å². The zero-order valence-corrected chi connectivity index (χ0v) is 9.83. The van der Waals surface area contributed by atoms with Crippen molar-refractivity contribution in [1.29, 1.82) is 0 Å². The number of aliphatic carboxylic acids is 1. The van der Waals surface area contributed by atoms with Crippen LogP contribution in [0.2, 0.25) is 0 Å². The number of carbonyl (C=O) groups is 1. The van der Waals surface area contributed by atoms with Gasteiger partial charge in [-0.3, -0.25) is 4.79 Å².